The van der Waals surface area contributed by atoms with E-state index in [0.29, 0.717) is 6.54 Å². The molecule has 2 aromatic rings. The van der Waals surface area contributed by atoms with Crippen LogP contribution in [0.3, 0.4) is 0 Å². The number of hydrogen-bond acceptors (Lipinski definition) is 10. The van der Waals surface area contributed by atoms with Crippen LogP contribution >= 0.6 is 0 Å². The smallest absolute Gasteiger partial charge is 0.416 e. The van der Waals surface area contributed by atoms with E-state index in [-0.39, 0.29) is 30.1 Å². The van der Waals surface area contributed by atoms with Crippen molar-refractivity contribution in [2.45, 2.75) is 37.4 Å². The number of carbonyl (C=O) groups excluding carboxylic acids is 4. The molecule has 40 heavy (non-hydrogen) atoms. The molecular formula is C29H29N3O8. The summed E-state index contributed by atoms with van der Waals surface area (Å²) in [7, 11) is 3.62. The van der Waals surface area contributed by atoms with Crippen molar-refractivity contribution in [1.82, 2.24) is 4.90 Å². The number of methoxy groups -OCH3 is 3. The Kier molecular flexibility index (Phi) is 7.05. The summed E-state index contributed by atoms with van der Waals surface area (Å²) in [4.78, 5) is 60.9. The van der Waals surface area contributed by atoms with Gasteiger partial charge in [-0.25, -0.2) is 29.1 Å². The van der Waals surface area contributed by atoms with Crippen LogP contribution in [0.4, 0.5) is 10.5 Å². The molecule has 3 aliphatic rings. The third-order valence-corrected chi connectivity index (χ3v) is 7.59. The summed E-state index contributed by atoms with van der Waals surface area (Å²) in [6, 6.07) is 15.1. The molecule has 0 bridgehead atoms. The molecule has 0 N–H and O–H groups in total. The Morgan fingerprint density at radius 3 is 2.25 bits per heavy atom. The molecule has 0 aromatic heterocycles. The van der Waals surface area contributed by atoms with Crippen LogP contribution in [0.25, 0.3) is 0 Å². The Bertz CT molecular complexity index is 1440. The first-order valence-corrected chi connectivity index (χ1v) is 12.8. The van der Waals surface area contributed by atoms with Crippen LogP contribution in [-0.4, -0.2) is 74.8 Å². The van der Waals surface area contributed by atoms with Gasteiger partial charge >= 0.3 is 24.0 Å². The number of carbonyl (C=O) groups is 4. The molecule has 3 atom stereocenters. The second kappa shape index (κ2) is 10.5. The van der Waals surface area contributed by atoms with E-state index < -0.39 is 41.5 Å². The number of rotatable bonds is 6. The van der Waals surface area contributed by atoms with Gasteiger partial charge in [-0.05, 0) is 30.5 Å². The van der Waals surface area contributed by atoms with Crippen LogP contribution in [0.5, 0.6) is 0 Å². The van der Waals surface area contributed by atoms with Gasteiger partial charge in [0.15, 0.2) is 5.70 Å². The van der Waals surface area contributed by atoms with E-state index in [2.05, 4.69) is 4.99 Å². The number of hydrogen-bond donors (Lipinski definition) is 0. The van der Waals surface area contributed by atoms with Crippen molar-refractivity contribution in [3.63, 3.8) is 0 Å². The second-order valence-corrected chi connectivity index (χ2v) is 9.50. The van der Waals surface area contributed by atoms with E-state index in [4.69, 9.17) is 18.9 Å². The van der Waals surface area contributed by atoms with Crippen LogP contribution < -0.4 is 4.90 Å². The van der Waals surface area contributed by atoms with Crippen molar-refractivity contribution in [2.24, 2.45) is 4.99 Å². The van der Waals surface area contributed by atoms with Crippen molar-refractivity contribution in [3.8, 4) is 0 Å². The first-order valence-electron chi connectivity index (χ1n) is 12.8. The number of nitrogens with zero attached hydrogens (tertiary/aromatic N) is 3. The quantitative estimate of drug-likeness (QED) is 0.397. The van der Waals surface area contributed by atoms with Crippen LogP contribution in [0.15, 0.2) is 70.9 Å². The molecule has 5 rings (SSSR count). The number of esters is 3. The lowest BCUT2D eigenvalue weighted by atomic mass is 9.69. The van der Waals surface area contributed by atoms with Gasteiger partial charge in [0.25, 0.3) is 0 Å². The molecule has 2 aromatic carbocycles. The highest BCUT2D eigenvalue weighted by Gasteiger charge is 2.68. The minimum Gasteiger partial charge on any atom is -0.467 e. The highest BCUT2D eigenvalue weighted by atomic mass is 16.6. The summed E-state index contributed by atoms with van der Waals surface area (Å²) in [5.74, 6) is -2.25. The molecule has 1 spiro atoms. The zero-order valence-corrected chi connectivity index (χ0v) is 22.6. The molecule has 3 aliphatic heterocycles. The lowest BCUT2D eigenvalue weighted by Gasteiger charge is -2.40. The van der Waals surface area contributed by atoms with E-state index in [1.165, 1.54) is 21.3 Å². The van der Waals surface area contributed by atoms with Crippen molar-refractivity contribution >= 4 is 35.5 Å². The number of para-hydroxylation sites is 1. The molecule has 1 amide bonds. The highest BCUT2D eigenvalue weighted by molar-refractivity contribution is 6.16. The van der Waals surface area contributed by atoms with Crippen LogP contribution in [0.2, 0.25) is 0 Å². The number of anilines is 1. The van der Waals surface area contributed by atoms with Crippen molar-refractivity contribution < 1.29 is 38.1 Å². The lowest BCUT2D eigenvalue weighted by molar-refractivity contribution is -0.144. The Morgan fingerprint density at radius 2 is 1.60 bits per heavy atom. The molecule has 3 heterocycles. The van der Waals surface area contributed by atoms with Crippen molar-refractivity contribution in [3.05, 3.63) is 77.0 Å². The van der Waals surface area contributed by atoms with Gasteiger partial charge in [-0.15, -0.1) is 0 Å². The van der Waals surface area contributed by atoms with Gasteiger partial charge in [-0.1, -0.05) is 48.5 Å². The fourth-order valence-corrected chi connectivity index (χ4v) is 6.08. The highest BCUT2D eigenvalue weighted by Crippen LogP contribution is 2.58. The van der Waals surface area contributed by atoms with Gasteiger partial charge in [0.05, 0.1) is 45.0 Å². The van der Waals surface area contributed by atoms with Gasteiger partial charge in [-0.2, -0.15) is 0 Å². The molecule has 0 aliphatic carbocycles. The normalized spacial score (nSPS) is 22.6. The number of ether oxygens (including phenoxy) is 4. The number of likely N-dealkylation sites (tertiary alicyclic amines) is 1. The molecule has 1 fully saturated rings. The Labute approximate surface area is 231 Å². The summed E-state index contributed by atoms with van der Waals surface area (Å²) in [6.07, 6.45) is -0.795. The molecular weight excluding hydrogens is 518 g/mol. The number of amides is 1. The third-order valence-electron chi connectivity index (χ3n) is 7.59. The van der Waals surface area contributed by atoms with Crippen LogP contribution in [0.1, 0.15) is 24.5 Å². The van der Waals surface area contributed by atoms with E-state index in [0.717, 1.165) is 21.7 Å². The maximum Gasteiger partial charge on any atom is 0.416 e. The topological polar surface area (TPSA) is 124 Å². The Morgan fingerprint density at radius 1 is 0.925 bits per heavy atom. The summed E-state index contributed by atoms with van der Waals surface area (Å²) < 4.78 is 20.6. The van der Waals surface area contributed by atoms with E-state index >= 15 is 0 Å². The Hall–Kier alpha value is -4.67. The molecule has 1 saturated heterocycles. The maximum atomic E-state index is 13.5. The molecule has 11 nitrogen and oxygen atoms in total. The van der Waals surface area contributed by atoms with Crippen LogP contribution in [-0.2, 0) is 45.3 Å². The van der Waals surface area contributed by atoms with Crippen molar-refractivity contribution in [1.29, 1.82) is 0 Å². The monoisotopic (exact) mass is 547 g/mol. The SMILES string of the molecule is CCOC(=O)N1C2=NC(C(=O)OC)=C(C(=O)OC)C3N(Cc4ccccc4)c4ccccc4[C@]23CC1C(=O)OC. The summed E-state index contributed by atoms with van der Waals surface area (Å²) in [5, 5.41) is 0. The zero-order valence-electron chi connectivity index (χ0n) is 22.6. The summed E-state index contributed by atoms with van der Waals surface area (Å²) in [5.41, 5.74) is 0.881. The van der Waals surface area contributed by atoms with E-state index in [1.54, 1.807) is 6.92 Å². The summed E-state index contributed by atoms with van der Waals surface area (Å²) in [6.45, 7) is 2.02. The lowest BCUT2D eigenvalue weighted by Crippen LogP contribution is -2.55. The van der Waals surface area contributed by atoms with Gasteiger partial charge in [0, 0.05) is 12.2 Å². The number of aliphatic imine (C=N–C) groups is 1. The van der Waals surface area contributed by atoms with Crippen LogP contribution in [0, 0.1) is 0 Å². The predicted molar refractivity (Wildman–Crippen MR) is 142 cm³/mol. The summed E-state index contributed by atoms with van der Waals surface area (Å²) >= 11 is 0. The molecule has 0 saturated carbocycles. The number of fused-ring (bicyclic) bond motifs is 1. The van der Waals surface area contributed by atoms with Gasteiger partial charge < -0.3 is 23.8 Å². The van der Waals surface area contributed by atoms with Gasteiger partial charge in [-0.3, -0.25) is 0 Å². The minimum absolute atomic E-state index is 0.0270. The van der Waals surface area contributed by atoms with Gasteiger partial charge in [0.1, 0.15) is 11.9 Å². The first kappa shape index (κ1) is 26.9. The maximum absolute atomic E-state index is 13.5. The third kappa shape index (κ3) is 3.92. The standard InChI is InChI=1S/C29H29N3O8/c1-5-40-28(36)32-20(24(33)37-2)15-29-18-13-9-10-14-19(18)31(16-17-11-7-6-8-12-17)23(29)21(25(34)38-3)22(26(35)39-4)30-27(29)32/h6-14,20,23H,5,15-16H2,1-4H3/t20?,23?,29-/m0/s1. The van der Waals surface area contributed by atoms with Crippen molar-refractivity contribution in [2.75, 3.05) is 32.8 Å². The largest absolute Gasteiger partial charge is 0.467 e. The first-order chi connectivity index (χ1) is 19.3. The second-order valence-electron chi connectivity index (χ2n) is 9.50. The number of amidine groups is 1. The average molecular weight is 548 g/mol. The van der Waals surface area contributed by atoms with E-state index in [9.17, 15) is 19.2 Å². The fraction of sp³-hybridized carbons (Fsp3) is 0.345. The molecule has 11 heteroatoms. The number of benzene rings is 2. The molecule has 2 unspecified atom stereocenters. The zero-order chi connectivity index (χ0) is 28.6. The molecule has 208 valence electrons. The predicted octanol–water partition coefficient (Wildman–Crippen LogP) is 2.73. The molecule has 0 radical (unpaired) electrons. The minimum atomic E-state index is -1.21. The Balaban J connectivity index is 1.85. The fourth-order valence-electron chi connectivity index (χ4n) is 6.08. The average Bonchev–Trinajstić information content (AvgIpc) is 3.47. The van der Waals surface area contributed by atoms with E-state index in [1.807, 2.05) is 59.5 Å². The van der Waals surface area contributed by atoms with Gasteiger partial charge in [0.2, 0.25) is 0 Å².